The number of aryl methyl sites for hydroxylation is 1. The summed E-state index contributed by atoms with van der Waals surface area (Å²) in [6.45, 7) is 5.37. The molecule has 3 aromatic rings. The second-order valence-electron chi connectivity index (χ2n) is 5.13. The molecule has 23 heavy (non-hydrogen) atoms. The number of allylic oxidation sites excluding steroid dienone is 1. The maximum absolute atomic E-state index is 12.2. The van der Waals surface area contributed by atoms with Crippen molar-refractivity contribution in [3.8, 4) is 0 Å². The average Bonchev–Trinajstić information content (AvgIpc) is 2.48. The predicted octanol–water partition coefficient (Wildman–Crippen LogP) is 2.63. The second kappa shape index (κ2) is 5.24. The molecule has 2 aromatic heterocycles. The van der Waals surface area contributed by atoms with Gasteiger partial charge in [-0.3, -0.25) is 4.79 Å². The molecule has 0 spiro atoms. The zero-order valence-electron chi connectivity index (χ0n) is 12.2. The Morgan fingerprint density at radius 1 is 1.17 bits per heavy atom. The summed E-state index contributed by atoms with van der Waals surface area (Å²) in [5.74, 6) is -1.82. The number of carbonyl (C=O) groups is 1. The number of fused-ring (bicyclic) bond motifs is 2. The lowest BCUT2D eigenvalue weighted by molar-refractivity contribution is 0.0663. The van der Waals surface area contributed by atoms with Gasteiger partial charge in [-0.15, -0.1) is 6.58 Å². The third kappa shape index (κ3) is 2.34. The van der Waals surface area contributed by atoms with Crippen molar-refractivity contribution in [2.75, 3.05) is 0 Å². The molecule has 0 radical (unpaired) electrons. The second-order valence-corrected chi connectivity index (χ2v) is 5.13. The fourth-order valence-corrected chi connectivity index (χ4v) is 2.57. The van der Waals surface area contributed by atoms with E-state index in [1.54, 1.807) is 19.1 Å². The van der Waals surface area contributed by atoms with Crippen LogP contribution in [0, 0.1) is 6.92 Å². The molecule has 6 heteroatoms. The normalized spacial score (nSPS) is 11.0. The number of aromatic carboxylic acids is 1. The summed E-state index contributed by atoms with van der Waals surface area (Å²) in [4.78, 5) is 35.0. The van der Waals surface area contributed by atoms with Crippen LogP contribution in [-0.4, -0.2) is 11.1 Å². The van der Waals surface area contributed by atoms with Gasteiger partial charge in [-0.2, -0.15) is 0 Å². The Balaban J connectivity index is 2.61. The van der Waals surface area contributed by atoms with Gasteiger partial charge in [0.2, 0.25) is 5.76 Å². The Hall–Kier alpha value is -3.15. The Kier molecular flexibility index (Phi) is 3.37. The lowest BCUT2D eigenvalue weighted by atomic mass is 10.0. The van der Waals surface area contributed by atoms with Crippen LogP contribution in [0.3, 0.4) is 0 Å². The first-order valence-electron chi connectivity index (χ1n) is 6.80. The van der Waals surface area contributed by atoms with Gasteiger partial charge in [0.05, 0.1) is 5.39 Å². The maximum Gasteiger partial charge on any atom is 0.371 e. The van der Waals surface area contributed by atoms with Crippen LogP contribution in [0.15, 0.2) is 49.3 Å². The standard InChI is InChI=1S/C17H12O6/c1-3-4-9-15-10(8(2)5-14(19)23-15)6-11-12(18)7-13(17(20)21)22-16(9)11/h3,5-7H,1,4H2,2H3,(H,20,21). The van der Waals surface area contributed by atoms with E-state index in [-0.39, 0.29) is 23.0 Å². The SMILES string of the molecule is C=CCc1c2oc(=O)cc(C)c2cc2c(=O)cc(C(=O)O)oc12. The van der Waals surface area contributed by atoms with Gasteiger partial charge in [-0.05, 0) is 25.0 Å². The summed E-state index contributed by atoms with van der Waals surface area (Å²) in [6.07, 6.45) is 1.82. The Morgan fingerprint density at radius 2 is 1.87 bits per heavy atom. The monoisotopic (exact) mass is 312 g/mol. The maximum atomic E-state index is 12.2. The molecular weight excluding hydrogens is 300 g/mol. The van der Waals surface area contributed by atoms with Gasteiger partial charge >= 0.3 is 11.6 Å². The van der Waals surface area contributed by atoms with Crippen LogP contribution in [-0.2, 0) is 6.42 Å². The van der Waals surface area contributed by atoms with Gasteiger partial charge in [0.1, 0.15) is 11.2 Å². The molecule has 1 aromatic carbocycles. The Labute approximate surface area is 129 Å². The number of benzene rings is 1. The highest BCUT2D eigenvalue weighted by Gasteiger charge is 2.18. The number of carboxylic acid groups (broad SMARTS) is 1. The van der Waals surface area contributed by atoms with E-state index in [2.05, 4.69) is 6.58 Å². The topological polar surface area (TPSA) is 97.7 Å². The third-order valence-electron chi connectivity index (χ3n) is 3.59. The van der Waals surface area contributed by atoms with Crippen LogP contribution in [0.2, 0.25) is 0 Å². The van der Waals surface area contributed by atoms with Crippen LogP contribution in [0.4, 0.5) is 0 Å². The average molecular weight is 312 g/mol. The van der Waals surface area contributed by atoms with Gasteiger partial charge in [0, 0.05) is 23.1 Å². The summed E-state index contributed by atoms with van der Waals surface area (Å²) >= 11 is 0. The third-order valence-corrected chi connectivity index (χ3v) is 3.59. The summed E-state index contributed by atoms with van der Waals surface area (Å²) in [5, 5.41) is 9.90. The van der Waals surface area contributed by atoms with Crippen LogP contribution in [0.25, 0.3) is 21.9 Å². The van der Waals surface area contributed by atoms with Gasteiger partial charge in [-0.1, -0.05) is 6.08 Å². The molecule has 0 fully saturated rings. The van der Waals surface area contributed by atoms with Crippen molar-refractivity contribution in [3.05, 3.63) is 68.4 Å². The van der Waals surface area contributed by atoms with Gasteiger partial charge in [0.25, 0.3) is 0 Å². The molecule has 0 aliphatic rings. The smallest absolute Gasteiger partial charge is 0.371 e. The highest BCUT2D eigenvalue weighted by molar-refractivity contribution is 5.99. The quantitative estimate of drug-likeness (QED) is 0.453. The highest BCUT2D eigenvalue weighted by Crippen LogP contribution is 2.29. The molecule has 0 aliphatic carbocycles. The minimum atomic E-state index is -1.35. The summed E-state index contributed by atoms with van der Waals surface area (Å²) in [7, 11) is 0. The van der Waals surface area contributed by atoms with Crippen LogP contribution in [0.5, 0.6) is 0 Å². The van der Waals surface area contributed by atoms with Crippen molar-refractivity contribution >= 4 is 27.9 Å². The lowest BCUT2D eigenvalue weighted by Gasteiger charge is -2.09. The first kappa shape index (κ1) is 14.8. The van der Waals surface area contributed by atoms with Crippen molar-refractivity contribution in [3.63, 3.8) is 0 Å². The zero-order chi connectivity index (χ0) is 16.7. The molecule has 0 atom stereocenters. The molecule has 3 rings (SSSR count). The van der Waals surface area contributed by atoms with E-state index in [1.807, 2.05) is 0 Å². The first-order chi connectivity index (χ1) is 10.9. The van der Waals surface area contributed by atoms with Crippen molar-refractivity contribution < 1.29 is 18.7 Å². The molecule has 0 unspecified atom stereocenters. The fourth-order valence-electron chi connectivity index (χ4n) is 2.57. The van der Waals surface area contributed by atoms with Crippen molar-refractivity contribution in [2.45, 2.75) is 13.3 Å². The number of hydrogen-bond acceptors (Lipinski definition) is 5. The molecule has 0 bridgehead atoms. The Bertz CT molecular complexity index is 1080. The number of hydrogen-bond donors (Lipinski definition) is 1. The summed E-state index contributed by atoms with van der Waals surface area (Å²) < 4.78 is 10.6. The van der Waals surface area contributed by atoms with E-state index in [9.17, 15) is 14.4 Å². The molecule has 2 heterocycles. The molecule has 1 N–H and O–H groups in total. The van der Waals surface area contributed by atoms with E-state index < -0.39 is 22.8 Å². The first-order valence-corrected chi connectivity index (χ1v) is 6.80. The van der Waals surface area contributed by atoms with Gasteiger partial charge in [0.15, 0.2) is 5.43 Å². The van der Waals surface area contributed by atoms with Crippen LogP contribution >= 0.6 is 0 Å². The van der Waals surface area contributed by atoms with Crippen molar-refractivity contribution in [1.82, 2.24) is 0 Å². The van der Waals surface area contributed by atoms with E-state index in [1.165, 1.54) is 6.07 Å². The minimum Gasteiger partial charge on any atom is -0.475 e. The number of rotatable bonds is 3. The Morgan fingerprint density at radius 3 is 2.52 bits per heavy atom. The molecule has 0 saturated heterocycles. The van der Waals surface area contributed by atoms with Gasteiger partial charge in [-0.25, -0.2) is 9.59 Å². The summed E-state index contributed by atoms with van der Waals surface area (Å²) in [5.41, 5.74) is 0.445. The fraction of sp³-hybridized carbons (Fsp3) is 0.118. The molecule has 0 amide bonds. The van der Waals surface area contributed by atoms with Crippen molar-refractivity contribution in [1.29, 1.82) is 0 Å². The van der Waals surface area contributed by atoms with Crippen molar-refractivity contribution in [2.24, 2.45) is 0 Å². The lowest BCUT2D eigenvalue weighted by Crippen LogP contribution is -2.09. The molecule has 0 aliphatic heterocycles. The van der Waals surface area contributed by atoms with E-state index in [0.717, 1.165) is 6.07 Å². The van der Waals surface area contributed by atoms with Crippen LogP contribution < -0.4 is 11.1 Å². The predicted molar refractivity (Wildman–Crippen MR) is 84.1 cm³/mol. The zero-order valence-corrected chi connectivity index (χ0v) is 12.2. The van der Waals surface area contributed by atoms with E-state index >= 15 is 0 Å². The molecule has 0 saturated carbocycles. The van der Waals surface area contributed by atoms with E-state index in [4.69, 9.17) is 13.9 Å². The van der Waals surface area contributed by atoms with Crippen LogP contribution in [0.1, 0.15) is 21.7 Å². The molecular formula is C17H12O6. The minimum absolute atomic E-state index is 0.0936. The molecule has 6 nitrogen and oxygen atoms in total. The number of carboxylic acids is 1. The summed E-state index contributed by atoms with van der Waals surface area (Å²) in [6, 6.07) is 3.81. The molecule has 116 valence electrons. The van der Waals surface area contributed by atoms with Gasteiger partial charge < -0.3 is 13.9 Å². The highest BCUT2D eigenvalue weighted by atomic mass is 16.4. The largest absolute Gasteiger partial charge is 0.475 e. The van der Waals surface area contributed by atoms with E-state index in [0.29, 0.717) is 16.5 Å².